The Balaban J connectivity index is 2.88. The maximum atomic E-state index is 13.8. The van der Waals surface area contributed by atoms with Crippen molar-refractivity contribution in [3.8, 4) is 12.3 Å². The predicted octanol–water partition coefficient (Wildman–Crippen LogP) is 7.00. The largest absolute Gasteiger partial charge is 0.430 e. The van der Waals surface area contributed by atoms with Gasteiger partial charge in [0.25, 0.3) is 5.54 Å². The summed E-state index contributed by atoms with van der Waals surface area (Å²) in [6.07, 6.45) is -4.49. The highest BCUT2D eigenvalue weighted by molar-refractivity contribution is 6.84. The van der Waals surface area contributed by atoms with E-state index in [1.54, 1.807) is 25.6 Å². The minimum Gasteiger partial charge on any atom is -0.167 e. The summed E-state index contributed by atoms with van der Waals surface area (Å²) in [6.45, 7) is 4.76. The number of hydrogen-bond donors (Lipinski definition) is 0. The molecule has 0 spiro atoms. The quantitative estimate of drug-likeness (QED) is 0.266. The molecule has 0 saturated carbocycles. The van der Waals surface area contributed by atoms with Crippen LogP contribution in [0, 0.1) is 12.3 Å². The van der Waals surface area contributed by atoms with Gasteiger partial charge in [0.2, 0.25) is 0 Å². The second-order valence-electron chi connectivity index (χ2n) is 6.84. The van der Waals surface area contributed by atoms with E-state index in [-0.39, 0.29) is 16.5 Å². The summed E-state index contributed by atoms with van der Waals surface area (Å²) in [4.78, 5) is 0. The highest BCUT2D eigenvalue weighted by atomic mass is 35.5. The minimum absolute atomic E-state index is 0.256. The first-order valence-corrected chi connectivity index (χ1v) is 11.6. The average Bonchev–Trinajstić information content (AvgIpc) is 2.85. The molecule has 0 saturated heterocycles. The first kappa shape index (κ1) is 21.8. The van der Waals surface area contributed by atoms with Crippen LogP contribution in [0.15, 0.2) is 27.6 Å². The Hall–Kier alpha value is -1.50. The van der Waals surface area contributed by atoms with E-state index in [1.165, 1.54) is 0 Å². The monoisotopic (exact) mass is 444 g/mol. The van der Waals surface area contributed by atoms with Gasteiger partial charge < -0.3 is 0 Å². The SMILES string of the molecule is C#CC1(C(F)(F)F)N=NC(c2c(Cl)cc(C(F)(F)F)cc2Cl)=C1[Si](C)(C)C. The van der Waals surface area contributed by atoms with Crippen molar-refractivity contribution in [2.75, 3.05) is 0 Å². The molecule has 0 bridgehead atoms. The van der Waals surface area contributed by atoms with Gasteiger partial charge in [0.1, 0.15) is 0 Å². The lowest BCUT2D eigenvalue weighted by Crippen LogP contribution is -2.49. The van der Waals surface area contributed by atoms with Crippen LogP contribution in [0.25, 0.3) is 5.70 Å². The lowest BCUT2D eigenvalue weighted by atomic mass is 9.97. The van der Waals surface area contributed by atoms with Gasteiger partial charge in [-0.25, -0.2) is 0 Å². The normalized spacial score (nSPS) is 21.0. The average molecular weight is 445 g/mol. The molecule has 1 atom stereocenters. The molecule has 1 aromatic carbocycles. The smallest absolute Gasteiger partial charge is 0.167 e. The molecule has 146 valence electrons. The molecule has 2 rings (SSSR count). The van der Waals surface area contributed by atoms with Crippen LogP contribution in [-0.4, -0.2) is 19.8 Å². The van der Waals surface area contributed by atoms with Gasteiger partial charge >= 0.3 is 12.4 Å². The van der Waals surface area contributed by atoms with Gasteiger partial charge in [-0.2, -0.15) is 36.6 Å². The van der Waals surface area contributed by atoms with Crippen molar-refractivity contribution in [2.45, 2.75) is 37.5 Å². The molecule has 1 aromatic rings. The van der Waals surface area contributed by atoms with Gasteiger partial charge in [-0.15, -0.1) is 6.42 Å². The first-order valence-electron chi connectivity index (χ1n) is 7.35. The van der Waals surface area contributed by atoms with E-state index in [0.29, 0.717) is 12.1 Å². The molecular formula is C16H12Cl2F6N2Si. The number of rotatable bonds is 2. The third-order valence-corrected chi connectivity index (χ3v) is 6.57. The molecule has 2 nitrogen and oxygen atoms in total. The van der Waals surface area contributed by atoms with E-state index in [2.05, 4.69) is 10.2 Å². The molecule has 0 radical (unpaired) electrons. The van der Waals surface area contributed by atoms with Crippen molar-refractivity contribution in [1.82, 2.24) is 0 Å². The lowest BCUT2D eigenvalue weighted by molar-refractivity contribution is -0.156. The fraction of sp³-hybridized carbons (Fsp3) is 0.375. The second kappa shape index (κ2) is 6.53. The number of terminal acetylenes is 1. The standard InChI is InChI=1S/C16H12Cl2F6N2Si/c1-5-14(16(22,23)24)13(27(2,3)4)12(25-26-14)11-9(17)6-8(7-10(11)18)15(19,20)21/h1,6-7H,2-4H3. The summed E-state index contributed by atoms with van der Waals surface area (Å²) < 4.78 is 80.1. The Kier molecular flexibility index (Phi) is 5.27. The molecule has 1 aliphatic heterocycles. The summed E-state index contributed by atoms with van der Waals surface area (Å²) in [5.74, 6) is 1.67. The van der Waals surface area contributed by atoms with Crippen LogP contribution in [0.3, 0.4) is 0 Å². The molecule has 1 aliphatic rings. The zero-order chi connectivity index (χ0) is 21.0. The van der Waals surface area contributed by atoms with Crippen LogP contribution in [0.4, 0.5) is 26.3 Å². The van der Waals surface area contributed by atoms with Crippen LogP contribution in [0.5, 0.6) is 0 Å². The number of hydrogen-bond acceptors (Lipinski definition) is 2. The molecule has 1 unspecified atom stereocenters. The number of halogens is 8. The van der Waals surface area contributed by atoms with E-state index in [4.69, 9.17) is 29.6 Å². The van der Waals surface area contributed by atoms with Crippen LogP contribution in [0.1, 0.15) is 11.1 Å². The minimum atomic E-state index is -4.95. The summed E-state index contributed by atoms with van der Waals surface area (Å²) in [5.41, 5.74) is -4.71. The molecule has 11 heteroatoms. The van der Waals surface area contributed by atoms with Crippen LogP contribution >= 0.6 is 23.2 Å². The van der Waals surface area contributed by atoms with Crippen molar-refractivity contribution in [3.63, 3.8) is 0 Å². The predicted molar refractivity (Wildman–Crippen MR) is 94.2 cm³/mol. The van der Waals surface area contributed by atoms with Crippen molar-refractivity contribution >= 4 is 37.0 Å². The highest BCUT2D eigenvalue weighted by Crippen LogP contribution is 2.52. The molecule has 0 amide bonds. The van der Waals surface area contributed by atoms with Gasteiger partial charge in [-0.3, -0.25) is 0 Å². The summed E-state index contributed by atoms with van der Waals surface area (Å²) in [7, 11) is -2.84. The van der Waals surface area contributed by atoms with Gasteiger partial charge in [-0.05, 0) is 17.3 Å². The van der Waals surface area contributed by atoms with E-state index >= 15 is 0 Å². The molecule has 0 aromatic heterocycles. The zero-order valence-corrected chi connectivity index (χ0v) is 16.7. The van der Waals surface area contributed by atoms with Crippen molar-refractivity contribution in [2.24, 2.45) is 10.2 Å². The topological polar surface area (TPSA) is 24.7 Å². The third-order valence-electron chi connectivity index (χ3n) is 3.87. The van der Waals surface area contributed by atoms with Crippen molar-refractivity contribution < 1.29 is 26.3 Å². The van der Waals surface area contributed by atoms with Gasteiger partial charge in [0, 0.05) is 5.56 Å². The molecule has 0 fully saturated rings. The van der Waals surface area contributed by atoms with Gasteiger partial charge in [0.05, 0.1) is 29.4 Å². The fourth-order valence-electron chi connectivity index (χ4n) is 2.81. The van der Waals surface area contributed by atoms with E-state index in [0.717, 1.165) is 0 Å². The van der Waals surface area contributed by atoms with Gasteiger partial charge in [0.15, 0.2) is 0 Å². The van der Waals surface area contributed by atoms with Crippen LogP contribution < -0.4 is 0 Å². The first-order chi connectivity index (χ1) is 12.1. The second-order valence-corrected chi connectivity index (χ2v) is 12.7. The summed E-state index contributed by atoms with van der Waals surface area (Å²) in [5, 5.41) is 5.62. The van der Waals surface area contributed by atoms with Crippen LogP contribution in [-0.2, 0) is 6.18 Å². The number of alkyl halides is 6. The molecule has 0 aliphatic carbocycles. The lowest BCUT2D eigenvalue weighted by Gasteiger charge is -2.32. The maximum Gasteiger partial charge on any atom is 0.430 e. The highest BCUT2D eigenvalue weighted by Gasteiger charge is 2.63. The Labute approximate surface area is 162 Å². The Morgan fingerprint density at radius 2 is 1.52 bits per heavy atom. The molecule has 27 heavy (non-hydrogen) atoms. The number of nitrogens with zero attached hydrogens (tertiary/aromatic N) is 2. The fourth-order valence-corrected chi connectivity index (χ4v) is 5.71. The summed E-state index contributed by atoms with van der Waals surface area (Å²) in [6, 6.07) is 1.16. The zero-order valence-electron chi connectivity index (χ0n) is 14.2. The number of benzene rings is 1. The van der Waals surface area contributed by atoms with E-state index in [9.17, 15) is 26.3 Å². The Morgan fingerprint density at radius 3 is 1.85 bits per heavy atom. The molecular weight excluding hydrogens is 433 g/mol. The van der Waals surface area contributed by atoms with Gasteiger partial charge in [-0.1, -0.05) is 48.8 Å². The van der Waals surface area contributed by atoms with E-state index in [1.807, 2.05) is 0 Å². The van der Waals surface area contributed by atoms with Crippen molar-refractivity contribution in [3.05, 3.63) is 38.5 Å². The Bertz CT molecular complexity index is 867. The maximum absolute atomic E-state index is 13.8. The summed E-state index contributed by atoms with van der Waals surface area (Å²) >= 11 is 11.9. The molecule has 0 N–H and O–H groups in total. The van der Waals surface area contributed by atoms with Crippen molar-refractivity contribution in [1.29, 1.82) is 0 Å². The number of azo groups is 1. The molecule has 1 heterocycles. The Morgan fingerprint density at radius 1 is 1.04 bits per heavy atom. The van der Waals surface area contributed by atoms with E-state index < -0.39 is 41.6 Å². The van der Waals surface area contributed by atoms with Crippen LogP contribution in [0.2, 0.25) is 29.7 Å². The third kappa shape index (κ3) is 3.62.